The summed E-state index contributed by atoms with van der Waals surface area (Å²) in [5.41, 5.74) is 1.82. The fourth-order valence-corrected chi connectivity index (χ4v) is 2.50. The Labute approximate surface area is 129 Å². The summed E-state index contributed by atoms with van der Waals surface area (Å²) >= 11 is 1.60. The molecule has 112 valence electrons. The summed E-state index contributed by atoms with van der Waals surface area (Å²) in [6, 6.07) is 7.53. The fraction of sp³-hybridized carbons (Fsp3) is 0.333. The van der Waals surface area contributed by atoms with Gasteiger partial charge in [-0.15, -0.1) is 11.8 Å². The van der Waals surface area contributed by atoms with Gasteiger partial charge in [0.1, 0.15) is 0 Å². The average Bonchev–Trinajstić information content (AvgIpc) is 2.94. The molecular weight excluding hydrogens is 284 g/mol. The first-order valence-corrected chi connectivity index (χ1v) is 8.14. The Bertz CT molecular complexity index is 597. The Hall–Kier alpha value is -1.95. The molecule has 1 heterocycles. The molecule has 2 aromatic rings. The number of nitrogens with one attached hydrogen (secondary N) is 2. The molecule has 0 bridgehead atoms. The first-order chi connectivity index (χ1) is 10.2. The molecule has 0 aliphatic rings. The summed E-state index contributed by atoms with van der Waals surface area (Å²) in [7, 11) is 0. The van der Waals surface area contributed by atoms with Gasteiger partial charge in [-0.05, 0) is 24.8 Å². The normalized spacial score (nSPS) is 10.4. The number of urea groups is 1. The summed E-state index contributed by atoms with van der Waals surface area (Å²) in [4.78, 5) is 13.0. The van der Waals surface area contributed by atoms with Gasteiger partial charge in [-0.25, -0.2) is 4.79 Å². The van der Waals surface area contributed by atoms with Gasteiger partial charge in [0.2, 0.25) is 0 Å². The highest BCUT2D eigenvalue weighted by Gasteiger charge is 2.06. The van der Waals surface area contributed by atoms with E-state index in [0.717, 1.165) is 29.1 Å². The largest absolute Gasteiger partial charge is 0.334 e. The predicted molar refractivity (Wildman–Crippen MR) is 86.6 cm³/mol. The van der Waals surface area contributed by atoms with Crippen LogP contribution in [0.2, 0.25) is 0 Å². The molecule has 21 heavy (non-hydrogen) atoms. The molecule has 0 aliphatic heterocycles. The van der Waals surface area contributed by atoms with E-state index in [1.165, 1.54) is 0 Å². The maximum Gasteiger partial charge on any atom is 0.319 e. The molecule has 0 atom stereocenters. The Balaban J connectivity index is 1.86. The van der Waals surface area contributed by atoms with Crippen LogP contribution in [0.3, 0.4) is 0 Å². The lowest BCUT2D eigenvalue weighted by Crippen LogP contribution is -2.28. The Kier molecular flexibility index (Phi) is 5.68. The predicted octanol–water partition coefficient (Wildman–Crippen LogP) is 3.34. The highest BCUT2D eigenvalue weighted by Crippen LogP contribution is 2.24. The number of benzene rings is 1. The molecule has 6 heteroatoms. The third-order valence-electron chi connectivity index (χ3n) is 2.95. The van der Waals surface area contributed by atoms with Gasteiger partial charge in [0, 0.05) is 29.7 Å². The van der Waals surface area contributed by atoms with Crippen LogP contribution in [0.5, 0.6) is 0 Å². The van der Waals surface area contributed by atoms with E-state index in [4.69, 9.17) is 0 Å². The lowest BCUT2D eigenvalue weighted by molar-refractivity contribution is 0.251. The summed E-state index contributed by atoms with van der Waals surface area (Å²) in [6.07, 6.45) is 6.77. The van der Waals surface area contributed by atoms with Gasteiger partial charge in [-0.3, -0.25) is 4.68 Å². The fourth-order valence-electron chi connectivity index (χ4n) is 1.95. The average molecular weight is 304 g/mol. The SMILES string of the molecule is CCCn1cc(CNC(=O)Nc2ccccc2SC)cn1. The molecule has 0 aliphatic carbocycles. The van der Waals surface area contributed by atoms with Crippen LogP contribution in [-0.4, -0.2) is 22.1 Å². The molecule has 0 fully saturated rings. The van der Waals surface area contributed by atoms with Crippen LogP contribution in [0.1, 0.15) is 18.9 Å². The number of hydrogen-bond acceptors (Lipinski definition) is 3. The minimum absolute atomic E-state index is 0.209. The lowest BCUT2D eigenvalue weighted by Gasteiger charge is -2.09. The van der Waals surface area contributed by atoms with Crippen molar-refractivity contribution in [2.75, 3.05) is 11.6 Å². The van der Waals surface area contributed by atoms with Crippen LogP contribution >= 0.6 is 11.8 Å². The van der Waals surface area contributed by atoms with Gasteiger partial charge >= 0.3 is 6.03 Å². The third-order valence-corrected chi connectivity index (χ3v) is 3.74. The molecule has 2 N–H and O–H groups in total. The Morgan fingerprint density at radius 2 is 2.19 bits per heavy atom. The number of amides is 2. The molecule has 1 aromatic carbocycles. The summed E-state index contributed by atoms with van der Waals surface area (Å²) in [5.74, 6) is 0. The maximum absolute atomic E-state index is 11.9. The van der Waals surface area contributed by atoms with Crippen molar-refractivity contribution in [1.29, 1.82) is 0 Å². The van der Waals surface area contributed by atoms with Gasteiger partial charge < -0.3 is 10.6 Å². The number of nitrogens with zero attached hydrogens (tertiary/aromatic N) is 2. The van der Waals surface area contributed by atoms with E-state index in [2.05, 4.69) is 22.7 Å². The maximum atomic E-state index is 11.9. The number of carbonyl (C=O) groups excluding carboxylic acids is 1. The van der Waals surface area contributed by atoms with Crippen molar-refractivity contribution in [2.24, 2.45) is 0 Å². The minimum atomic E-state index is -0.209. The van der Waals surface area contributed by atoms with Crippen molar-refractivity contribution in [3.63, 3.8) is 0 Å². The Morgan fingerprint density at radius 3 is 2.95 bits per heavy atom. The van der Waals surface area contributed by atoms with Gasteiger partial charge in [0.25, 0.3) is 0 Å². The smallest absolute Gasteiger partial charge is 0.319 e. The summed E-state index contributed by atoms with van der Waals surface area (Å²) in [5, 5.41) is 9.94. The van der Waals surface area contributed by atoms with E-state index in [0.29, 0.717) is 6.54 Å². The molecule has 2 rings (SSSR count). The number of carbonyl (C=O) groups is 1. The molecule has 1 aromatic heterocycles. The topological polar surface area (TPSA) is 59.0 Å². The van der Waals surface area contributed by atoms with E-state index in [-0.39, 0.29) is 6.03 Å². The van der Waals surface area contributed by atoms with E-state index >= 15 is 0 Å². The zero-order valence-electron chi connectivity index (χ0n) is 12.3. The van der Waals surface area contributed by atoms with Crippen molar-refractivity contribution in [2.45, 2.75) is 31.3 Å². The quantitative estimate of drug-likeness (QED) is 0.805. The molecule has 2 amide bonds. The number of hydrogen-bond donors (Lipinski definition) is 2. The minimum Gasteiger partial charge on any atom is -0.334 e. The number of para-hydroxylation sites is 1. The highest BCUT2D eigenvalue weighted by molar-refractivity contribution is 7.98. The molecule has 0 unspecified atom stereocenters. The standard InChI is InChI=1S/C15H20N4OS/c1-3-8-19-11-12(10-17-19)9-16-15(20)18-13-6-4-5-7-14(13)21-2/h4-7,10-11H,3,8-9H2,1-2H3,(H2,16,18,20). The molecule has 0 saturated carbocycles. The number of aryl methyl sites for hydroxylation is 1. The number of aromatic nitrogens is 2. The summed E-state index contributed by atoms with van der Waals surface area (Å²) in [6.45, 7) is 3.47. The van der Waals surface area contributed by atoms with E-state index in [1.54, 1.807) is 18.0 Å². The second-order valence-electron chi connectivity index (χ2n) is 4.62. The second-order valence-corrected chi connectivity index (χ2v) is 5.47. The lowest BCUT2D eigenvalue weighted by atomic mass is 10.3. The molecule has 0 radical (unpaired) electrons. The first kappa shape index (κ1) is 15.4. The molecular formula is C15H20N4OS. The van der Waals surface area contributed by atoms with E-state index < -0.39 is 0 Å². The first-order valence-electron chi connectivity index (χ1n) is 6.92. The second kappa shape index (κ2) is 7.73. The molecule has 0 spiro atoms. The van der Waals surface area contributed by atoms with Gasteiger partial charge in [-0.2, -0.15) is 5.10 Å². The zero-order chi connectivity index (χ0) is 15.1. The van der Waals surface area contributed by atoms with Crippen LogP contribution in [0.15, 0.2) is 41.6 Å². The van der Waals surface area contributed by atoms with Gasteiger partial charge in [-0.1, -0.05) is 19.1 Å². The van der Waals surface area contributed by atoms with Crippen molar-refractivity contribution < 1.29 is 4.79 Å². The van der Waals surface area contributed by atoms with Crippen molar-refractivity contribution in [1.82, 2.24) is 15.1 Å². The summed E-state index contributed by atoms with van der Waals surface area (Å²) < 4.78 is 1.89. The molecule has 0 saturated heterocycles. The third kappa shape index (κ3) is 4.53. The van der Waals surface area contributed by atoms with Crippen molar-refractivity contribution in [3.8, 4) is 0 Å². The van der Waals surface area contributed by atoms with E-state index in [9.17, 15) is 4.79 Å². The van der Waals surface area contributed by atoms with Crippen molar-refractivity contribution in [3.05, 3.63) is 42.2 Å². The van der Waals surface area contributed by atoms with Crippen LogP contribution in [0, 0.1) is 0 Å². The number of anilines is 1. The van der Waals surface area contributed by atoms with Crippen LogP contribution in [-0.2, 0) is 13.1 Å². The Morgan fingerprint density at radius 1 is 1.38 bits per heavy atom. The van der Waals surface area contributed by atoms with Crippen molar-refractivity contribution >= 4 is 23.5 Å². The van der Waals surface area contributed by atoms with Crippen LogP contribution in [0.4, 0.5) is 10.5 Å². The molecule has 5 nitrogen and oxygen atoms in total. The van der Waals surface area contributed by atoms with E-state index in [1.807, 2.05) is 41.4 Å². The van der Waals surface area contributed by atoms with Crippen LogP contribution < -0.4 is 10.6 Å². The monoisotopic (exact) mass is 304 g/mol. The van der Waals surface area contributed by atoms with Gasteiger partial charge in [0.05, 0.1) is 11.9 Å². The van der Waals surface area contributed by atoms with Gasteiger partial charge in [0.15, 0.2) is 0 Å². The zero-order valence-corrected chi connectivity index (χ0v) is 13.1. The number of rotatable bonds is 6. The number of thioether (sulfide) groups is 1. The highest BCUT2D eigenvalue weighted by atomic mass is 32.2. The van der Waals surface area contributed by atoms with Crippen LogP contribution in [0.25, 0.3) is 0 Å².